The molecule has 2 N–H and O–H groups in total. The Morgan fingerprint density at radius 1 is 1.14 bits per heavy atom. The summed E-state index contributed by atoms with van der Waals surface area (Å²) in [5, 5.41) is 0.582. The molecule has 0 saturated heterocycles. The molecule has 0 radical (unpaired) electrons. The zero-order valence-electron chi connectivity index (χ0n) is 15.5. The first-order valence-corrected chi connectivity index (χ1v) is 9.62. The first kappa shape index (κ1) is 19.6. The van der Waals surface area contributed by atoms with Crippen LogP contribution in [-0.4, -0.2) is 50.1 Å². The van der Waals surface area contributed by atoms with Crippen LogP contribution in [0, 0.1) is 0 Å². The third kappa shape index (κ3) is 3.14. The number of nitrogens with two attached hydrogens (primary N) is 1. The second-order valence-electron chi connectivity index (χ2n) is 6.29. The summed E-state index contributed by atoms with van der Waals surface area (Å²) in [5.74, 6) is -0.198. The lowest BCUT2D eigenvalue weighted by molar-refractivity contribution is 0.1000. The highest BCUT2D eigenvalue weighted by Crippen LogP contribution is 2.34. The molecule has 1 amide bonds. The number of benzene rings is 2. The number of aldehydes is 1. The first-order chi connectivity index (χ1) is 13.2. The largest absolute Gasteiger partial charge is 0.497 e. The third-order valence-electron chi connectivity index (χ3n) is 4.40. The number of methoxy groups -OCH3 is 1. The minimum atomic E-state index is -3.97. The molecule has 1 aromatic heterocycles. The fourth-order valence-electron chi connectivity index (χ4n) is 2.93. The van der Waals surface area contributed by atoms with Gasteiger partial charge in [-0.25, -0.2) is 3.97 Å². The molecule has 3 aromatic rings. The van der Waals surface area contributed by atoms with Crippen molar-refractivity contribution in [2.45, 2.75) is 0 Å². The van der Waals surface area contributed by atoms with Crippen molar-refractivity contribution in [1.82, 2.24) is 8.28 Å². The van der Waals surface area contributed by atoms with Gasteiger partial charge in [0.1, 0.15) is 5.75 Å². The highest BCUT2D eigenvalue weighted by Gasteiger charge is 2.25. The lowest BCUT2D eigenvalue weighted by Gasteiger charge is -2.17. The number of amides is 1. The fraction of sp³-hybridized carbons (Fsp3) is 0.158. The van der Waals surface area contributed by atoms with Gasteiger partial charge < -0.3 is 10.5 Å². The number of primary amides is 1. The summed E-state index contributed by atoms with van der Waals surface area (Å²) >= 11 is 0. The predicted octanol–water partition coefficient (Wildman–Crippen LogP) is 1.88. The molecular weight excluding hydrogens is 382 g/mol. The standard InChI is InChI=1S/C19H19N3O5S/c1-21(2)28(25,26)22-17-10-13(19(20)24)5-4-12(17)9-18(22)16-7-6-15(27-3)8-14(16)11-23/h4-11H,1-3H3,(H2,20,24). The van der Waals surface area contributed by atoms with Crippen molar-refractivity contribution in [3.05, 3.63) is 53.6 Å². The lowest BCUT2D eigenvalue weighted by atomic mass is 10.0. The van der Waals surface area contributed by atoms with E-state index in [2.05, 4.69) is 0 Å². The molecule has 28 heavy (non-hydrogen) atoms. The van der Waals surface area contributed by atoms with Crippen LogP contribution in [0.3, 0.4) is 0 Å². The van der Waals surface area contributed by atoms with E-state index in [0.717, 1.165) is 8.28 Å². The number of hydrogen-bond donors (Lipinski definition) is 1. The molecule has 8 nitrogen and oxygen atoms in total. The van der Waals surface area contributed by atoms with Crippen molar-refractivity contribution < 1.29 is 22.7 Å². The molecular formula is C19H19N3O5S. The van der Waals surface area contributed by atoms with Gasteiger partial charge in [0.25, 0.3) is 0 Å². The van der Waals surface area contributed by atoms with Crippen LogP contribution in [0.25, 0.3) is 22.2 Å². The SMILES string of the molecule is COc1ccc(-c2cc3ccc(C(N)=O)cc3n2S(=O)(=O)N(C)C)c(C=O)c1. The molecule has 0 saturated carbocycles. The highest BCUT2D eigenvalue weighted by molar-refractivity contribution is 7.87. The Morgan fingerprint density at radius 2 is 1.86 bits per heavy atom. The molecule has 0 aliphatic rings. The first-order valence-electron chi connectivity index (χ1n) is 8.22. The summed E-state index contributed by atoms with van der Waals surface area (Å²) in [7, 11) is 0.304. The van der Waals surface area contributed by atoms with Gasteiger partial charge in [-0.2, -0.15) is 12.7 Å². The second kappa shape index (κ2) is 7.10. The van der Waals surface area contributed by atoms with E-state index in [1.54, 1.807) is 24.3 Å². The fourth-order valence-corrected chi connectivity index (χ4v) is 4.06. The van der Waals surface area contributed by atoms with Gasteiger partial charge in [0, 0.05) is 36.2 Å². The van der Waals surface area contributed by atoms with Crippen LogP contribution in [0.4, 0.5) is 0 Å². The van der Waals surface area contributed by atoms with E-state index in [1.807, 2.05) is 0 Å². The maximum atomic E-state index is 13.1. The Hall–Kier alpha value is -3.17. The van der Waals surface area contributed by atoms with Gasteiger partial charge in [-0.3, -0.25) is 9.59 Å². The molecule has 2 aromatic carbocycles. The van der Waals surface area contributed by atoms with E-state index in [9.17, 15) is 18.0 Å². The van der Waals surface area contributed by atoms with Gasteiger partial charge in [-0.1, -0.05) is 6.07 Å². The topological polar surface area (TPSA) is 112 Å². The highest BCUT2D eigenvalue weighted by atomic mass is 32.2. The van der Waals surface area contributed by atoms with Crippen molar-refractivity contribution in [3.63, 3.8) is 0 Å². The Labute approximate surface area is 162 Å². The number of nitrogens with zero attached hydrogens (tertiary/aromatic N) is 2. The van der Waals surface area contributed by atoms with Crippen molar-refractivity contribution in [3.8, 4) is 17.0 Å². The lowest BCUT2D eigenvalue weighted by Crippen LogP contribution is -2.29. The summed E-state index contributed by atoms with van der Waals surface area (Å²) in [5.41, 5.74) is 6.79. The number of rotatable bonds is 6. The minimum Gasteiger partial charge on any atom is -0.497 e. The van der Waals surface area contributed by atoms with Crippen LogP contribution in [0.1, 0.15) is 20.7 Å². The van der Waals surface area contributed by atoms with Crippen LogP contribution in [0.15, 0.2) is 42.5 Å². The van der Waals surface area contributed by atoms with Crippen molar-refractivity contribution in [2.75, 3.05) is 21.2 Å². The number of ether oxygens (including phenoxy) is 1. The van der Waals surface area contributed by atoms with Crippen molar-refractivity contribution in [2.24, 2.45) is 5.73 Å². The normalized spacial score (nSPS) is 11.7. The zero-order chi connectivity index (χ0) is 20.6. The Morgan fingerprint density at radius 3 is 2.43 bits per heavy atom. The molecule has 0 fully saturated rings. The van der Waals surface area contributed by atoms with Crippen LogP contribution in [-0.2, 0) is 10.2 Å². The molecule has 0 bridgehead atoms. The van der Waals surface area contributed by atoms with Crippen LogP contribution >= 0.6 is 0 Å². The average molecular weight is 401 g/mol. The maximum Gasteiger partial charge on any atom is 0.308 e. The van der Waals surface area contributed by atoms with Crippen molar-refractivity contribution >= 4 is 33.3 Å². The average Bonchev–Trinajstić information content (AvgIpc) is 3.06. The molecule has 0 spiro atoms. The van der Waals surface area contributed by atoms with Crippen LogP contribution in [0.5, 0.6) is 5.75 Å². The molecule has 146 valence electrons. The van der Waals surface area contributed by atoms with Crippen molar-refractivity contribution in [1.29, 1.82) is 0 Å². The van der Waals surface area contributed by atoms with E-state index < -0.39 is 16.1 Å². The number of hydrogen-bond acceptors (Lipinski definition) is 5. The minimum absolute atomic E-state index is 0.178. The van der Waals surface area contributed by atoms with E-state index >= 15 is 0 Å². The van der Waals surface area contributed by atoms with E-state index in [0.29, 0.717) is 23.0 Å². The quantitative estimate of drug-likeness (QED) is 0.634. The summed E-state index contributed by atoms with van der Waals surface area (Å²) in [6.07, 6.45) is 0.636. The molecule has 0 aliphatic heterocycles. The van der Waals surface area contributed by atoms with Gasteiger partial charge >= 0.3 is 10.2 Å². The summed E-state index contributed by atoms with van der Waals surface area (Å²) in [6.45, 7) is 0. The smallest absolute Gasteiger partial charge is 0.308 e. The Bertz CT molecular complexity index is 1200. The number of carbonyl (C=O) groups is 2. The van der Waals surface area contributed by atoms with Gasteiger partial charge in [0.15, 0.2) is 6.29 Å². The molecule has 0 atom stereocenters. The number of fused-ring (bicyclic) bond motifs is 1. The third-order valence-corrected chi connectivity index (χ3v) is 6.18. The van der Waals surface area contributed by atoms with Gasteiger partial charge in [-0.05, 0) is 36.4 Å². The molecule has 0 aliphatic carbocycles. The molecule has 9 heteroatoms. The predicted molar refractivity (Wildman–Crippen MR) is 106 cm³/mol. The van der Waals surface area contributed by atoms with E-state index in [4.69, 9.17) is 10.5 Å². The Balaban J connectivity index is 2.44. The molecule has 1 heterocycles. The molecule has 0 unspecified atom stereocenters. The monoisotopic (exact) mass is 401 g/mol. The number of aromatic nitrogens is 1. The van der Waals surface area contributed by atoms with Gasteiger partial charge in [0.05, 0.1) is 18.3 Å². The summed E-state index contributed by atoms with van der Waals surface area (Å²) in [6, 6.07) is 11.0. The Kier molecular flexibility index (Phi) is 4.97. The van der Waals surface area contributed by atoms with Gasteiger partial charge in [0.2, 0.25) is 5.91 Å². The second-order valence-corrected chi connectivity index (χ2v) is 8.28. The van der Waals surface area contributed by atoms with Crippen LogP contribution in [0.2, 0.25) is 0 Å². The van der Waals surface area contributed by atoms with Gasteiger partial charge in [-0.15, -0.1) is 0 Å². The maximum absolute atomic E-state index is 13.1. The molecule has 3 rings (SSSR count). The van der Waals surface area contributed by atoms with E-state index in [1.165, 1.54) is 39.4 Å². The van der Waals surface area contributed by atoms with E-state index in [-0.39, 0.29) is 22.3 Å². The summed E-state index contributed by atoms with van der Waals surface area (Å²) in [4.78, 5) is 23.2. The summed E-state index contributed by atoms with van der Waals surface area (Å²) < 4.78 is 33.4. The number of carbonyl (C=O) groups excluding carboxylic acids is 2. The zero-order valence-corrected chi connectivity index (χ0v) is 16.4. The van der Waals surface area contributed by atoms with Crippen LogP contribution < -0.4 is 10.5 Å².